The quantitative estimate of drug-likeness (QED) is 0.387. The van der Waals surface area contributed by atoms with Gasteiger partial charge in [-0.3, -0.25) is 4.79 Å². The molecule has 0 aliphatic rings. The van der Waals surface area contributed by atoms with Crippen LogP contribution in [-0.4, -0.2) is 26.8 Å². The van der Waals surface area contributed by atoms with Crippen molar-refractivity contribution in [2.45, 2.75) is 18.0 Å². The predicted octanol–water partition coefficient (Wildman–Crippen LogP) is 3.45. The SMILES string of the molecule is N#Cc1ccc(CN(Cc2nnc(N)o2)C(=O)CSc2ccccc2I)cc1. The number of hydrogen-bond donors (Lipinski definition) is 1. The van der Waals surface area contributed by atoms with Crippen molar-refractivity contribution in [3.05, 3.63) is 69.1 Å². The number of benzene rings is 2. The van der Waals surface area contributed by atoms with Crippen LogP contribution >= 0.6 is 34.4 Å². The Labute approximate surface area is 180 Å². The van der Waals surface area contributed by atoms with Gasteiger partial charge < -0.3 is 15.1 Å². The predicted molar refractivity (Wildman–Crippen MR) is 114 cm³/mol. The van der Waals surface area contributed by atoms with Gasteiger partial charge in [0, 0.05) is 15.0 Å². The zero-order chi connectivity index (χ0) is 19.9. The van der Waals surface area contributed by atoms with Gasteiger partial charge in [-0.1, -0.05) is 29.4 Å². The van der Waals surface area contributed by atoms with E-state index in [1.807, 2.05) is 36.4 Å². The van der Waals surface area contributed by atoms with Crippen LogP contribution < -0.4 is 5.73 Å². The number of carbonyl (C=O) groups is 1. The number of amides is 1. The minimum absolute atomic E-state index is 0.0333. The number of nitrogen functional groups attached to an aromatic ring is 1. The van der Waals surface area contributed by atoms with Gasteiger partial charge in [-0.15, -0.1) is 16.9 Å². The van der Waals surface area contributed by atoms with Gasteiger partial charge in [0.2, 0.25) is 11.8 Å². The van der Waals surface area contributed by atoms with Gasteiger partial charge in [0.15, 0.2) is 0 Å². The third-order valence-electron chi connectivity index (χ3n) is 3.81. The van der Waals surface area contributed by atoms with E-state index in [1.165, 1.54) is 11.8 Å². The monoisotopic (exact) mass is 505 g/mol. The van der Waals surface area contributed by atoms with Gasteiger partial charge >= 0.3 is 6.01 Å². The summed E-state index contributed by atoms with van der Waals surface area (Å²) in [4.78, 5) is 15.6. The van der Waals surface area contributed by atoms with E-state index in [2.05, 4.69) is 38.9 Å². The summed E-state index contributed by atoms with van der Waals surface area (Å²) < 4.78 is 6.33. The van der Waals surface area contributed by atoms with Crippen molar-refractivity contribution in [1.29, 1.82) is 5.26 Å². The number of hydrogen-bond acceptors (Lipinski definition) is 7. The molecule has 3 aromatic rings. The second kappa shape index (κ2) is 9.57. The van der Waals surface area contributed by atoms with Crippen LogP contribution in [-0.2, 0) is 17.9 Å². The molecule has 0 fully saturated rings. The first-order valence-corrected chi connectivity index (χ1v) is 10.3. The zero-order valence-electron chi connectivity index (χ0n) is 14.7. The van der Waals surface area contributed by atoms with Crippen molar-refractivity contribution in [2.75, 3.05) is 11.5 Å². The first kappa shape index (κ1) is 20.2. The highest BCUT2D eigenvalue weighted by Gasteiger charge is 2.18. The maximum atomic E-state index is 12.9. The van der Waals surface area contributed by atoms with Crippen LogP contribution in [0, 0.1) is 14.9 Å². The lowest BCUT2D eigenvalue weighted by molar-refractivity contribution is -0.129. The highest BCUT2D eigenvalue weighted by atomic mass is 127. The molecule has 0 unspecified atom stereocenters. The molecule has 0 aliphatic heterocycles. The summed E-state index contributed by atoms with van der Waals surface area (Å²) in [6, 6.07) is 17.1. The van der Waals surface area contributed by atoms with E-state index in [9.17, 15) is 4.79 Å². The molecule has 1 aromatic heterocycles. The third-order valence-corrected chi connectivity index (χ3v) is 6.17. The Morgan fingerprint density at radius 3 is 2.57 bits per heavy atom. The summed E-state index contributed by atoms with van der Waals surface area (Å²) in [7, 11) is 0. The smallest absolute Gasteiger partial charge is 0.312 e. The number of aromatic nitrogens is 2. The normalized spacial score (nSPS) is 10.4. The number of carbonyl (C=O) groups excluding carboxylic acids is 1. The second-order valence-corrected chi connectivity index (χ2v) is 7.99. The van der Waals surface area contributed by atoms with Crippen molar-refractivity contribution in [1.82, 2.24) is 15.1 Å². The molecule has 3 rings (SSSR count). The molecule has 28 heavy (non-hydrogen) atoms. The van der Waals surface area contributed by atoms with Gasteiger partial charge in [0.1, 0.15) is 0 Å². The van der Waals surface area contributed by atoms with Gasteiger partial charge in [0.05, 0.1) is 23.9 Å². The Morgan fingerprint density at radius 1 is 1.18 bits per heavy atom. The molecule has 2 aromatic carbocycles. The van der Waals surface area contributed by atoms with Gasteiger partial charge in [-0.05, 0) is 52.4 Å². The van der Waals surface area contributed by atoms with E-state index in [1.54, 1.807) is 17.0 Å². The molecule has 0 atom stereocenters. The van der Waals surface area contributed by atoms with E-state index in [4.69, 9.17) is 15.4 Å². The molecule has 0 saturated heterocycles. The van der Waals surface area contributed by atoms with Gasteiger partial charge in [0.25, 0.3) is 0 Å². The Balaban J connectivity index is 1.73. The number of rotatable bonds is 7. The van der Waals surface area contributed by atoms with Gasteiger partial charge in [-0.2, -0.15) is 5.26 Å². The topological polar surface area (TPSA) is 109 Å². The van der Waals surface area contributed by atoms with E-state index < -0.39 is 0 Å². The molecule has 0 aliphatic carbocycles. The van der Waals surface area contributed by atoms with Crippen LogP contribution in [0.25, 0.3) is 0 Å². The average Bonchev–Trinajstić information content (AvgIpc) is 3.12. The van der Waals surface area contributed by atoms with Crippen molar-refractivity contribution in [2.24, 2.45) is 0 Å². The average molecular weight is 505 g/mol. The fourth-order valence-corrected chi connectivity index (χ4v) is 4.12. The largest absolute Gasteiger partial charge is 0.406 e. The summed E-state index contributed by atoms with van der Waals surface area (Å²) in [5, 5.41) is 16.4. The van der Waals surface area contributed by atoms with Crippen LogP contribution in [0.1, 0.15) is 17.0 Å². The number of thioether (sulfide) groups is 1. The number of nitrogens with zero attached hydrogens (tertiary/aromatic N) is 4. The molecule has 7 nitrogen and oxygen atoms in total. The zero-order valence-corrected chi connectivity index (χ0v) is 17.7. The fourth-order valence-electron chi connectivity index (χ4n) is 2.42. The summed E-state index contributed by atoms with van der Waals surface area (Å²) in [6.45, 7) is 0.523. The van der Waals surface area contributed by atoms with Crippen LogP contribution in [0.5, 0.6) is 0 Å². The van der Waals surface area contributed by atoms with E-state index in [0.29, 0.717) is 12.1 Å². The molecule has 9 heteroatoms. The summed E-state index contributed by atoms with van der Waals surface area (Å²) in [6.07, 6.45) is 0. The Hall–Kier alpha value is -2.58. The lowest BCUT2D eigenvalue weighted by Crippen LogP contribution is -2.31. The van der Waals surface area contributed by atoms with Crippen LogP contribution in [0.2, 0.25) is 0 Å². The molecule has 1 heterocycles. The van der Waals surface area contributed by atoms with Crippen molar-refractivity contribution in [3.8, 4) is 6.07 Å². The maximum Gasteiger partial charge on any atom is 0.312 e. The van der Waals surface area contributed by atoms with Crippen molar-refractivity contribution in [3.63, 3.8) is 0 Å². The summed E-state index contributed by atoms with van der Waals surface area (Å²) >= 11 is 3.73. The minimum atomic E-state index is -0.0641. The molecule has 1 amide bonds. The first-order chi connectivity index (χ1) is 13.5. The molecule has 0 radical (unpaired) electrons. The molecule has 142 valence electrons. The number of nitrogens with two attached hydrogens (primary N) is 1. The van der Waals surface area contributed by atoms with Crippen molar-refractivity contribution < 1.29 is 9.21 Å². The third kappa shape index (κ3) is 5.46. The van der Waals surface area contributed by atoms with E-state index in [0.717, 1.165) is 14.0 Å². The molecule has 0 spiro atoms. The minimum Gasteiger partial charge on any atom is -0.406 e. The summed E-state index contributed by atoms with van der Waals surface area (Å²) in [5.74, 6) is 0.490. The van der Waals surface area contributed by atoms with Crippen LogP contribution in [0.4, 0.5) is 6.01 Å². The standard InChI is InChI=1S/C19H16IN5O2S/c20-15-3-1-2-4-16(15)28-12-18(26)25(11-17-23-24-19(22)27-17)10-14-7-5-13(9-21)6-8-14/h1-8H,10-12H2,(H2,22,24). The Kier molecular flexibility index (Phi) is 6.89. The van der Waals surface area contributed by atoms with E-state index in [-0.39, 0.29) is 30.1 Å². The summed E-state index contributed by atoms with van der Waals surface area (Å²) in [5.41, 5.74) is 6.96. The first-order valence-electron chi connectivity index (χ1n) is 8.27. The second-order valence-electron chi connectivity index (χ2n) is 5.81. The number of nitriles is 1. The fraction of sp³-hybridized carbons (Fsp3) is 0.158. The Morgan fingerprint density at radius 2 is 1.93 bits per heavy atom. The van der Waals surface area contributed by atoms with Crippen LogP contribution in [0.3, 0.4) is 0 Å². The molecule has 0 saturated carbocycles. The number of halogens is 1. The highest BCUT2D eigenvalue weighted by molar-refractivity contribution is 14.1. The molecular formula is C19H16IN5O2S. The molecule has 0 bridgehead atoms. The maximum absolute atomic E-state index is 12.9. The molecular weight excluding hydrogens is 489 g/mol. The van der Waals surface area contributed by atoms with E-state index >= 15 is 0 Å². The lowest BCUT2D eigenvalue weighted by Gasteiger charge is -2.21. The van der Waals surface area contributed by atoms with Crippen LogP contribution in [0.15, 0.2) is 57.8 Å². The van der Waals surface area contributed by atoms with Crippen molar-refractivity contribution >= 4 is 46.3 Å². The highest BCUT2D eigenvalue weighted by Crippen LogP contribution is 2.24. The lowest BCUT2D eigenvalue weighted by atomic mass is 10.1. The Bertz CT molecular complexity index is 1000. The number of anilines is 1. The van der Waals surface area contributed by atoms with Gasteiger partial charge in [-0.25, -0.2) is 0 Å². The molecule has 2 N–H and O–H groups in total.